The molecule has 2 heteroatoms. The van der Waals surface area contributed by atoms with Crippen LogP contribution in [0.3, 0.4) is 0 Å². The van der Waals surface area contributed by atoms with Crippen LogP contribution in [0, 0.1) is 0 Å². The monoisotopic (exact) mass is 113 g/mol. The summed E-state index contributed by atoms with van der Waals surface area (Å²) in [5, 5.41) is 1.47. The van der Waals surface area contributed by atoms with Crippen molar-refractivity contribution in [1.29, 1.82) is 0 Å². The zero-order valence-corrected chi connectivity index (χ0v) is 5.31. The summed E-state index contributed by atoms with van der Waals surface area (Å²) < 4.78 is 4.05. The van der Waals surface area contributed by atoms with E-state index in [-0.39, 0.29) is 0 Å². The highest BCUT2D eigenvalue weighted by atomic mass is 31.0. The Hall–Kier alpha value is -0.290. The van der Waals surface area contributed by atoms with Gasteiger partial charge in [-0.05, 0) is 26.1 Å². The molecular formula is C5H8NP. The maximum absolute atomic E-state index is 4.05. The Bertz CT molecular complexity index is 123. The Morgan fingerprint density at radius 3 is 3.00 bits per heavy atom. The van der Waals surface area contributed by atoms with Crippen LogP contribution in [0.5, 0.6) is 0 Å². The third-order valence-corrected chi connectivity index (χ3v) is 2.02. The average Bonchev–Trinajstić information content (AvgIpc) is 2.14. The summed E-state index contributed by atoms with van der Waals surface area (Å²) >= 11 is 0. The van der Waals surface area contributed by atoms with Gasteiger partial charge in [-0.15, -0.1) is 0 Å². The van der Waals surface area contributed by atoms with E-state index < -0.39 is 0 Å². The zero-order chi connectivity index (χ0) is 5.11. The van der Waals surface area contributed by atoms with Crippen LogP contribution < -0.4 is 0 Å². The number of nitrogens with zero attached hydrogens (tertiary/aromatic N) is 1. The second-order valence-electron chi connectivity index (χ2n) is 1.44. The van der Waals surface area contributed by atoms with Crippen molar-refractivity contribution in [3.63, 3.8) is 0 Å². The second-order valence-corrected chi connectivity index (χ2v) is 2.56. The SMILES string of the molecule is CCc1ccn[pH]1. The molecule has 0 aliphatic heterocycles. The van der Waals surface area contributed by atoms with E-state index in [1.807, 2.05) is 6.20 Å². The van der Waals surface area contributed by atoms with Crippen molar-refractivity contribution in [1.82, 2.24) is 4.75 Å². The van der Waals surface area contributed by atoms with Gasteiger partial charge >= 0.3 is 0 Å². The molecular weight excluding hydrogens is 105 g/mol. The van der Waals surface area contributed by atoms with E-state index in [0.29, 0.717) is 0 Å². The molecule has 0 N–H and O–H groups in total. The van der Waals surface area contributed by atoms with Crippen molar-refractivity contribution in [3.05, 3.63) is 17.6 Å². The fourth-order valence-corrected chi connectivity index (χ4v) is 1.10. The Morgan fingerprint density at radius 1 is 1.86 bits per heavy atom. The largest absolute Gasteiger partial charge is 0.249 e. The van der Waals surface area contributed by atoms with Crippen LogP contribution in [-0.2, 0) is 6.42 Å². The summed E-state index contributed by atoms with van der Waals surface area (Å²) in [5.74, 6) is 0. The summed E-state index contributed by atoms with van der Waals surface area (Å²) in [6, 6.07) is 2.10. The van der Waals surface area contributed by atoms with Crippen molar-refractivity contribution < 1.29 is 0 Å². The lowest BCUT2D eigenvalue weighted by atomic mass is 10.4. The van der Waals surface area contributed by atoms with E-state index in [0.717, 1.165) is 8.35 Å². The molecule has 0 amide bonds. The van der Waals surface area contributed by atoms with Crippen molar-refractivity contribution in [3.8, 4) is 0 Å². The minimum Gasteiger partial charge on any atom is -0.249 e. The topological polar surface area (TPSA) is 12.9 Å². The molecule has 0 radical (unpaired) electrons. The highest BCUT2D eigenvalue weighted by Crippen LogP contribution is 2.09. The smallest absolute Gasteiger partial charge is 0.0312 e. The molecule has 0 saturated carbocycles. The minimum atomic E-state index is 0.730. The van der Waals surface area contributed by atoms with Gasteiger partial charge in [-0.2, -0.15) is 0 Å². The van der Waals surface area contributed by atoms with E-state index in [2.05, 4.69) is 17.7 Å². The fourth-order valence-electron chi connectivity index (χ4n) is 0.482. The molecule has 1 atom stereocenters. The van der Waals surface area contributed by atoms with Crippen LogP contribution in [0.2, 0.25) is 0 Å². The number of aromatic nitrogens is 1. The minimum absolute atomic E-state index is 0.730. The van der Waals surface area contributed by atoms with Gasteiger partial charge in [0.2, 0.25) is 0 Å². The van der Waals surface area contributed by atoms with Crippen molar-refractivity contribution in [2.24, 2.45) is 0 Å². The normalized spacial score (nSPS) is 10.4. The lowest BCUT2D eigenvalue weighted by Crippen LogP contribution is -1.62. The third-order valence-electron chi connectivity index (χ3n) is 0.939. The van der Waals surface area contributed by atoms with E-state index in [1.54, 1.807) is 0 Å². The van der Waals surface area contributed by atoms with Crippen LogP contribution in [0.1, 0.15) is 12.2 Å². The van der Waals surface area contributed by atoms with Gasteiger partial charge in [0, 0.05) is 6.20 Å². The molecule has 0 saturated heterocycles. The average molecular weight is 113 g/mol. The Balaban J connectivity index is 2.76. The number of rotatable bonds is 1. The zero-order valence-electron chi connectivity index (χ0n) is 4.31. The summed E-state index contributed by atoms with van der Waals surface area (Å²) in [6.07, 6.45) is 3.05. The molecule has 0 fully saturated rings. The lowest BCUT2D eigenvalue weighted by Gasteiger charge is -1.78. The predicted molar refractivity (Wildman–Crippen MR) is 33.1 cm³/mol. The first-order chi connectivity index (χ1) is 3.43. The quantitative estimate of drug-likeness (QED) is 0.539. The number of hydrogen-bond acceptors (Lipinski definition) is 1. The van der Waals surface area contributed by atoms with Gasteiger partial charge in [-0.25, -0.2) is 4.75 Å². The molecule has 0 aromatic carbocycles. The maximum Gasteiger partial charge on any atom is 0.0312 e. The maximum atomic E-state index is 4.05. The first-order valence-electron chi connectivity index (χ1n) is 2.41. The Morgan fingerprint density at radius 2 is 2.71 bits per heavy atom. The van der Waals surface area contributed by atoms with E-state index in [9.17, 15) is 0 Å². The van der Waals surface area contributed by atoms with Crippen molar-refractivity contribution in [2.75, 3.05) is 0 Å². The molecule has 0 aliphatic rings. The van der Waals surface area contributed by atoms with Gasteiger partial charge in [-0.1, -0.05) is 6.92 Å². The van der Waals surface area contributed by atoms with Crippen LogP contribution in [0.25, 0.3) is 0 Å². The lowest BCUT2D eigenvalue weighted by molar-refractivity contribution is 1.19. The fraction of sp³-hybridized carbons (Fsp3) is 0.400. The molecule has 1 heterocycles. The van der Waals surface area contributed by atoms with Crippen LogP contribution in [0.4, 0.5) is 0 Å². The molecule has 7 heavy (non-hydrogen) atoms. The molecule has 38 valence electrons. The molecule has 1 aromatic rings. The third kappa shape index (κ3) is 1.04. The van der Waals surface area contributed by atoms with E-state index in [1.165, 1.54) is 11.7 Å². The summed E-state index contributed by atoms with van der Waals surface area (Å²) in [4.78, 5) is 0. The van der Waals surface area contributed by atoms with Crippen molar-refractivity contribution >= 4 is 8.35 Å². The summed E-state index contributed by atoms with van der Waals surface area (Å²) in [5.41, 5.74) is 0. The number of hydrogen-bond donors (Lipinski definition) is 0. The molecule has 0 spiro atoms. The Labute approximate surface area is 44.9 Å². The molecule has 1 unspecified atom stereocenters. The Kier molecular flexibility index (Phi) is 1.48. The first-order valence-corrected chi connectivity index (χ1v) is 3.36. The molecule has 1 rings (SSSR count). The van der Waals surface area contributed by atoms with Gasteiger partial charge in [0.15, 0.2) is 0 Å². The van der Waals surface area contributed by atoms with Gasteiger partial charge in [0.25, 0.3) is 0 Å². The van der Waals surface area contributed by atoms with Gasteiger partial charge in [-0.3, -0.25) is 0 Å². The molecule has 0 aliphatic carbocycles. The summed E-state index contributed by atoms with van der Waals surface area (Å²) in [7, 11) is 0.730. The van der Waals surface area contributed by atoms with Crippen LogP contribution >= 0.6 is 8.35 Å². The molecule has 1 aromatic heterocycles. The highest BCUT2D eigenvalue weighted by molar-refractivity contribution is 7.26. The van der Waals surface area contributed by atoms with E-state index in [4.69, 9.17) is 0 Å². The van der Waals surface area contributed by atoms with Crippen molar-refractivity contribution in [2.45, 2.75) is 13.3 Å². The summed E-state index contributed by atoms with van der Waals surface area (Å²) in [6.45, 7) is 2.16. The van der Waals surface area contributed by atoms with Crippen LogP contribution in [-0.4, -0.2) is 4.75 Å². The van der Waals surface area contributed by atoms with Gasteiger partial charge < -0.3 is 0 Å². The predicted octanol–water partition coefficient (Wildman–Crippen LogP) is 1.68. The second kappa shape index (κ2) is 2.13. The van der Waals surface area contributed by atoms with Gasteiger partial charge in [0.05, 0.1) is 0 Å². The number of aryl methyl sites for hydroxylation is 1. The van der Waals surface area contributed by atoms with Gasteiger partial charge in [0.1, 0.15) is 0 Å². The standard InChI is InChI=1S/C5H8NP/c1-2-5-3-4-6-7-5/h3-4,7H,2H2,1H3. The molecule has 0 bridgehead atoms. The first kappa shape index (κ1) is 4.86. The molecule has 1 nitrogen and oxygen atoms in total. The van der Waals surface area contributed by atoms with Crippen LogP contribution in [0.15, 0.2) is 12.3 Å². The highest BCUT2D eigenvalue weighted by Gasteiger charge is 1.82. The van der Waals surface area contributed by atoms with E-state index >= 15 is 0 Å².